The lowest BCUT2D eigenvalue weighted by molar-refractivity contribution is 0.191. The maximum atomic E-state index is 12.1. The maximum absolute atomic E-state index is 12.1. The predicted octanol–water partition coefficient (Wildman–Crippen LogP) is 3.34. The van der Waals surface area contributed by atoms with Gasteiger partial charge in [-0.25, -0.2) is 8.42 Å². The number of benzene rings is 1. The topological polar surface area (TPSA) is 40.6 Å². The molecule has 0 heterocycles. The van der Waals surface area contributed by atoms with Crippen LogP contribution in [0, 0.1) is 5.92 Å². The second-order valence-corrected chi connectivity index (χ2v) is 8.88. The summed E-state index contributed by atoms with van der Waals surface area (Å²) in [6.07, 6.45) is 1.23. The molecule has 0 aromatic heterocycles. The molecular weight excluding hydrogens is 343 g/mol. The second kappa shape index (κ2) is 7.97. The first-order chi connectivity index (χ1) is 10.0. The summed E-state index contributed by atoms with van der Waals surface area (Å²) in [5, 5.41) is 0.894. The van der Waals surface area contributed by atoms with Gasteiger partial charge in [0.25, 0.3) is 0 Å². The number of hydrogen-bond donors (Lipinski definition) is 0. The van der Waals surface area contributed by atoms with Gasteiger partial charge in [0.1, 0.15) is 0 Å². The third-order valence-corrected chi connectivity index (χ3v) is 5.59. The van der Waals surface area contributed by atoms with Crippen molar-refractivity contribution in [2.24, 2.45) is 5.92 Å². The van der Waals surface area contributed by atoms with Gasteiger partial charge >= 0.3 is 0 Å². The van der Waals surface area contributed by atoms with Crippen LogP contribution in [0.4, 0.5) is 0 Å². The van der Waals surface area contributed by atoms with Crippen molar-refractivity contribution in [3.8, 4) is 0 Å². The lowest BCUT2D eigenvalue weighted by atomic mass is 10.0. The average Bonchev–Trinajstić information content (AvgIpc) is 2.36. The molecule has 0 saturated heterocycles. The van der Waals surface area contributed by atoms with Gasteiger partial charge in [0.05, 0.1) is 16.3 Å². The van der Waals surface area contributed by atoms with Crippen LogP contribution in [0.2, 0.25) is 10.0 Å². The van der Waals surface area contributed by atoms with Gasteiger partial charge in [0.2, 0.25) is 10.0 Å². The Balaban J connectivity index is 3.01. The zero-order valence-electron chi connectivity index (χ0n) is 13.7. The molecule has 126 valence electrons. The summed E-state index contributed by atoms with van der Waals surface area (Å²) < 4.78 is 25.7. The number of rotatable bonds is 7. The number of nitrogens with zero attached hydrogens (tertiary/aromatic N) is 2. The van der Waals surface area contributed by atoms with Gasteiger partial charge in [0, 0.05) is 19.1 Å². The van der Waals surface area contributed by atoms with E-state index < -0.39 is 10.0 Å². The highest BCUT2D eigenvalue weighted by Gasteiger charge is 2.25. The van der Waals surface area contributed by atoms with Gasteiger partial charge in [-0.1, -0.05) is 43.1 Å². The highest BCUT2D eigenvalue weighted by atomic mass is 35.5. The minimum absolute atomic E-state index is 0.137. The van der Waals surface area contributed by atoms with E-state index >= 15 is 0 Å². The largest absolute Gasteiger partial charge is 0.305 e. The highest BCUT2D eigenvalue weighted by molar-refractivity contribution is 7.88. The zero-order valence-corrected chi connectivity index (χ0v) is 16.0. The van der Waals surface area contributed by atoms with Gasteiger partial charge in [0.15, 0.2) is 0 Å². The van der Waals surface area contributed by atoms with Gasteiger partial charge in [-0.2, -0.15) is 4.31 Å². The van der Waals surface area contributed by atoms with Gasteiger partial charge < -0.3 is 4.90 Å². The molecule has 0 unspecified atom stereocenters. The lowest BCUT2D eigenvalue weighted by Crippen LogP contribution is -2.45. The molecule has 1 rings (SSSR count). The first-order valence-electron chi connectivity index (χ1n) is 7.08. The normalized spacial score (nSPS) is 14.1. The third kappa shape index (κ3) is 5.70. The van der Waals surface area contributed by atoms with Crippen molar-refractivity contribution in [2.45, 2.75) is 26.4 Å². The Morgan fingerprint density at radius 3 is 2.14 bits per heavy atom. The summed E-state index contributed by atoms with van der Waals surface area (Å²) in [6.45, 7) is 4.89. The molecule has 0 amide bonds. The molecule has 1 atom stereocenters. The van der Waals surface area contributed by atoms with E-state index in [4.69, 9.17) is 23.2 Å². The van der Waals surface area contributed by atoms with Crippen LogP contribution in [0.25, 0.3) is 0 Å². The SMILES string of the molecule is CC(C)[C@H](CN(Cc1ccc(Cl)c(Cl)c1)S(C)(=O)=O)N(C)C. The summed E-state index contributed by atoms with van der Waals surface area (Å²) in [5.41, 5.74) is 0.820. The Labute approximate surface area is 144 Å². The average molecular weight is 367 g/mol. The van der Waals surface area contributed by atoms with Crippen molar-refractivity contribution in [3.05, 3.63) is 33.8 Å². The van der Waals surface area contributed by atoms with Crippen LogP contribution >= 0.6 is 23.2 Å². The molecule has 0 bridgehead atoms. The van der Waals surface area contributed by atoms with Crippen LogP contribution in [0.1, 0.15) is 19.4 Å². The van der Waals surface area contributed by atoms with Crippen molar-refractivity contribution in [2.75, 3.05) is 26.9 Å². The molecule has 1 aromatic carbocycles. The van der Waals surface area contributed by atoms with Crippen LogP contribution in [0.3, 0.4) is 0 Å². The summed E-state index contributed by atoms with van der Waals surface area (Å²) in [7, 11) is 0.608. The minimum Gasteiger partial charge on any atom is -0.305 e. The third-order valence-electron chi connectivity index (χ3n) is 3.64. The molecule has 0 aliphatic carbocycles. The van der Waals surface area contributed by atoms with Crippen molar-refractivity contribution < 1.29 is 8.42 Å². The standard InChI is InChI=1S/C15H24Cl2N2O2S/c1-11(2)15(18(3)4)10-19(22(5,20)21)9-12-6-7-13(16)14(17)8-12/h6-8,11,15H,9-10H2,1-5H3/t15-/m0/s1. The second-order valence-electron chi connectivity index (χ2n) is 6.08. The number of halogens is 2. The molecule has 0 N–H and O–H groups in total. The molecule has 0 saturated carbocycles. The van der Waals surface area contributed by atoms with Crippen LogP contribution in [-0.4, -0.2) is 50.6 Å². The molecule has 7 heteroatoms. The van der Waals surface area contributed by atoms with E-state index in [2.05, 4.69) is 18.7 Å². The zero-order chi connectivity index (χ0) is 17.1. The molecule has 0 fully saturated rings. The molecule has 22 heavy (non-hydrogen) atoms. The Kier molecular flexibility index (Phi) is 7.15. The summed E-state index contributed by atoms with van der Waals surface area (Å²) in [5.74, 6) is 0.341. The Morgan fingerprint density at radius 1 is 1.14 bits per heavy atom. The minimum atomic E-state index is -3.32. The monoisotopic (exact) mass is 366 g/mol. The molecule has 1 aromatic rings. The lowest BCUT2D eigenvalue weighted by Gasteiger charge is -2.32. The van der Waals surface area contributed by atoms with Gasteiger partial charge in [-0.3, -0.25) is 0 Å². The number of hydrogen-bond acceptors (Lipinski definition) is 3. The highest BCUT2D eigenvalue weighted by Crippen LogP contribution is 2.24. The quantitative estimate of drug-likeness (QED) is 0.742. The van der Waals surface area contributed by atoms with Crippen molar-refractivity contribution in [1.82, 2.24) is 9.21 Å². The van der Waals surface area contributed by atoms with E-state index in [1.807, 2.05) is 14.1 Å². The van der Waals surface area contributed by atoms with Crippen LogP contribution < -0.4 is 0 Å². The van der Waals surface area contributed by atoms with Crippen molar-refractivity contribution in [1.29, 1.82) is 0 Å². The van der Waals surface area contributed by atoms with E-state index in [0.717, 1.165) is 5.56 Å². The number of likely N-dealkylation sites (N-methyl/N-ethyl adjacent to an activating group) is 1. The fraction of sp³-hybridized carbons (Fsp3) is 0.600. The van der Waals surface area contributed by atoms with E-state index in [0.29, 0.717) is 22.5 Å². The smallest absolute Gasteiger partial charge is 0.211 e. The molecule has 0 aliphatic heterocycles. The van der Waals surface area contributed by atoms with Crippen molar-refractivity contribution >= 4 is 33.2 Å². The van der Waals surface area contributed by atoms with Crippen LogP contribution in [0.15, 0.2) is 18.2 Å². The fourth-order valence-corrected chi connectivity index (χ4v) is 3.47. The van der Waals surface area contributed by atoms with E-state index in [1.54, 1.807) is 18.2 Å². The Bertz CT molecular complexity index is 596. The van der Waals surface area contributed by atoms with E-state index in [9.17, 15) is 8.42 Å². The first-order valence-corrected chi connectivity index (χ1v) is 9.68. The van der Waals surface area contributed by atoms with Crippen molar-refractivity contribution in [3.63, 3.8) is 0 Å². The fourth-order valence-electron chi connectivity index (χ4n) is 2.34. The Hall–Kier alpha value is -0.330. The number of sulfonamides is 1. The first kappa shape index (κ1) is 19.7. The van der Waals surface area contributed by atoms with Gasteiger partial charge in [-0.05, 0) is 37.7 Å². The van der Waals surface area contributed by atoms with Crippen LogP contribution in [-0.2, 0) is 16.6 Å². The summed E-state index contributed by atoms with van der Waals surface area (Å²) in [4.78, 5) is 2.05. The maximum Gasteiger partial charge on any atom is 0.211 e. The molecular formula is C15H24Cl2N2O2S. The van der Waals surface area contributed by atoms with Crippen LogP contribution in [0.5, 0.6) is 0 Å². The summed E-state index contributed by atoms with van der Waals surface area (Å²) >= 11 is 11.9. The predicted molar refractivity (Wildman–Crippen MR) is 94.0 cm³/mol. The molecule has 0 spiro atoms. The van der Waals surface area contributed by atoms with E-state index in [-0.39, 0.29) is 12.6 Å². The van der Waals surface area contributed by atoms with E-state index in [1.165, 1.54) is 10.6 Å². The molecule has 0 aliphatic rings. The Morgan fingerprint density at radius 2 is 1.73 bits per heavy atom. The molecule has 0 radical (unpaired) electrons. The summed E-state index contributed by atoms with van der Waals surface area (Å²) in [6, 6.07) is 5.33. The van der Waals surface area contributed by atoms with Gasteiger partial charge in [-0.15, -0.1) is 0 Å². The molecule has 4 nitrogen and oxygen atoms in total.